The lowest BCUT2D eigenvalue weighted by Crippen LogP contribution is -2.32. The zero-order chi connectivity index (χ0) is 12.8. The summed E-state index contributed by atoms with van der Waals surface area (Å²) < 4.78 is 6.38. The number of nitro groups is 1. The van der Waals surface area contributed by atoms with Crippen molar-refractivity contribution in [2.45, 2.75) is 32.3 Å². The van der Waals surface area contributed by atoms with E-state index in [1.807, 2.05) is 0 Å². The van der Waals surface area contributed by atoms with Crippen LogP contribution in [0.2, 0.25) is 0 Å². The van der Waals surface area contributed by atoms with Gasteiger partial charge in [-0.15, -0.1) is 0 Å². The Morgan fingerprint density at radius 3 is 2.94 bits per heavy atom. The molecule has 0 radical (unpaired) electrons. The third-order valence-electron chi connectivity index (χ3n) is 2.31. The van der Waals surface area contributed by atoms with Crippen molar-refractivity contribution >= 4 is 5.95 Å². The molecule has 2 N–H and O–H groups in total. The molecule has 0 unspecified atom stereocenters. The van der Waals surface area contributed by atoms with Crippen LogP contribution in [-0.2, 0) is 11.5 Å². The second kappa shape index (κ2) is 6.28. The van der Waals surface area contributed by atoms with E-state index in [2.05, 4.69) is 4.98 Å². The van der Waals surface area contributed by atoms with Crippen LogP contribution >= 0.6 is 0 Å². The number of aromatic nitrogens is 2. The topological polar surface area (TPSA) is 111 Å². The first kappa shape index (κ1) is 13.6. The number of ether oxygens (including phenoxy) is 1. The normalized spacial score (nSPS) is 14.5. The van der Waals surface area contributed by atoms with Crippen LogP contribution in [0, 0.1) is 10.1 Å². The number of rotatable bonds is 7. The summed E-state index contributed by atoms with van der Waals surface area (Å²) in [6, 6.07) is 0. The van der Waals surface area contributed by atoms with E-state index in [1.165, 1.54) is 17.0 Å². The Hall–Kier alpha value is -1.51. The summed E-state index contributed by atoms with van der Waals surface area (Å²) in [5.41, 5.74) is 0. The van der Waals surface area contributed by atoms with Crippen LogP contribution < -0.4 is 0 Å². The van der Waals surface area contributed by atoms with E-state index in [-0.39, 0.29) is 19.3 Å². The van der Waals surface area contributed by atoms with Gasteiger partial charge in [0.05, 0.1) is 12.7 Å². The van der Waals surface area contributed by atoms with Crippen LogP contribution in [0.4, 0.5) is 5.95 Å². The Kier molecular flexibility index (Phi) is 5.01. The minimum Gasteiger partial charge on any atom is -0.394 e. The molecule has 1 heterocycles. The molecule has 8 heteroatoms. The quantitative estimate of drug-likeness (QED) is 0.512. The first-order valence-electron chi connectivity index (χ1n) is 5.16. The van der Waals surface area contributed by atoms with Crippen LogP contribution in [0.25, 0.3) is 0 Å². The minimum atomic E-state index is -0.803. The van der Waals surface area contributed by atoms with Crippen molar-refractivity contribution in [1.29, 1.82) is 0 Å². The summed E-state index contributed by atoms with van der Waals surface area (Å²) in [6.45, 7) is 1.26. The monoisotopic (exact) mass is 245 g/mol. The molecular formula is C9H15N3O5. The van der Waals surface area contributed by atoms with Crippen LogP contribution in [0.15, 0.2) is 12.4 Å². The largest absolute Gasteiger partial charge is 0.436 e. The molecule has 0 aliphatic rings. The Morgan fingerprint density at radius 2 is 2.41 bits per heavy atom. The predicted molar refractivity (Wildman–Crippen MR) is 57.1 cm³/mol. The Morgan fingerprint density at radius 1 is 1.71 bits per heavy atom. The Labute approximate surface area is 97.6 Å². The second-order valence-electron chi connectivity index (χ2n) is 3.45. The maximum atomic E-state index is 10.6. The number of hydrogen-bond donors (Lipinski definition) is 2. The van der Waals surface area contributed by atoms with Gasteiger partial charge in [-0.2, -0.15) is 0 Å². The van der Waals surface area contributed by atoms with Gasteiger partial charge >= 0.3 is 5.95 Å². The van der Waals surface area contributed by atoms with Crippen molar-refractivity contribution in [3.8, 4) is 0 Å². The van der Waals surface area contributed by atoms with Gasteiger partial charge in [-0.05, 0) is 11.3 Å². The van der Waals surface area contributed by atoms with E-state index in [9.17, 15) is 15.2 Å². The molecule has 96 valence electrons. The summed E-state index contributed by atoms with van der Waals surface area (Å²) in [6.07, 6.45) is 1.54. The SMILES string of the molecule is CC[C@H](O)[C@@H](CO)OCn1ccnc1[N+](=O)[O-]. The zero-order valence-electron chi connectivity index (χ0n) is 9.39. The molecule has 0 spiro atoms. The van der Waals surface area contributed by atoms with E-state index in [1.54, 1.807) is 6.92 Å². The fourth-order valence-corrected chi connectivity index (χ4v) is 1.30. The molecule has 8 nitrogen and oxygen atoms in total. The van der Waals surface area contributed by atoms with Gasteiger partial charge in [0.2, 0.25) is 0 Å². The molecule has 0 saturated heterocycles. The Balaban J connectivity index is 2.59. The first-order chi connectivity index (χ1) is 8.10. The third kappa shape index (κ3) is 3.48. The highest BCUT2D eigenvalue weighted by Gasteiger charge is 2.20. The Bertz CT molecular complexity index is 367. The number of nitrogens with zero attached hydrogens (tertiary/aromatic N) is 3. The lowest BCUT2D eigenvalue weighted by atomic mass is 10.2. The maximum absolute atomic E-state index is 10.6. The van der Waals surface area contributed by atoms with Gasteiger partial charge in [0.25, 0.3) is 0 Å². The molecule has 0 amide bonds. The van der Waals surface area contributed by atoms with Crippen molar-refractivity contribution in [3.63, 3.8) is 0 Å². The molecule has 17 heavy (non-hydrogen) atoms. The molecule has 0 aliphatic heterocycles. The average molecular weight is 245 g/mol. The molecule has 0 fully saturated rings. The third-order valence-corrected chi connectivity index (χ3v) is 2.31. The van der Waals surface area contributed by atoms with Gasteiger partial charge in [-0.3, -0.25) is 0 Å². The van der Waals surface area contributed by atoms with Crippen LogP contribution in [0.1, 0.15) is 13.3 Å². The number of aliphatic hydroxyl groups excluding tert-OH is 2. The fraction of sp³-hybridized carbons (Fsp3) is 0.667. The van der Waals surface area contributed by atoms with Gasteiger partial charge in [-0.1, -0.05) is 11.9 Å². The molecule has 1 aromatic rings. The van der Waals surface area contributed by atoms with E-state index in [0.29, 0.717) is 6.42 Å². The standard InChI is InChI=1S/C9H15N3O5/c1-2-7(14)8(5-13)17-6-11-4-3-10-9(11)12(15)16/h3-4,7-8,13-14H,2,5-6H2,1H3/t7-,8+/m0/s1. The van der Waals surface area contributed by atoms with E-state index in [0.717, 1.165) is 0 Å². The van der Waals surface area contributed by atoms with Gasteiger partial charge < -0.3 is 25.1 Å². The molecule has 1 rings (SSSR count). The number of aliphatic hydroxyl groups is 2. The maximum Gasteiger partial charge on any atom is 0.436 e. The van der Waals surface area contributed by atoms with Gasteiger partial charge in [0.1, 0.15) is 18.5 Å². The fourth-order valence-electron chi connectivity index (χ4n) is 1.30. The van der Waals surface area contributed by atoms with Crippen molar-refractivity contribution in [2.75, 3.05) is 6.61 Å². The molecule has 0 saturated carbocycles. The van der Waals surface area contributed by atoms with Crippen molar-refractivity contribution in [1.82, 2.24) is 9.55 Å². The van der Waals surface area contributed by atoms with Crippen molar-refractivity contribution in [2.24, 2.45) is 0 Å². The second-order valence-corrected chi connectivity index (χ2v) is 3.45. The average Bonchev–Trinajstić information content (AvgIpc) is 2.77. The van der Waals surface area contributed by atoms with Crippen molar-refractivity contribution < 1.29 is 19.9 Å². The van der Waals surface area contributed by atoms with Gasteiger partial charge in [0.15, 0.2) is 6.73 Å². The van der Waals surface area contributed by atoms with Crippen molar-refractivity contribution in [3.05, 3.63) is 22.5 Å². The number of hydrogen-bond acceptors (Lipinski definition) is 6. The number of imidazole rings is 1. The van der Waals surface area contributed by atoms with E-state index in [4.69, 9.17) is 9.84 Å². The first-order valence-corrected chi connectivity index (χ1v) is 5.16. The summed E-state index contributed by atoms with van der Waals surface area (Å²) in [5.74, 6) is -0.340. The van der Waals surface area contributed by atoms with Gasteiger partial charge in [-0.25, -0.2) is 4.57 Å². The zero-order valence-corrected chi connectivity index (χ0v) is 9.39. The van der Waals surface area contributed by atoms with Gasteiger partial charge in [0, 0.05) is 0 Å². The predicted octanol–water partition coefficient (Wildman–Crippen LogP) is -0.103. The summed E-state index contributed by atoms with van der Waals surface area (Å²) in [7, 11) is 0. The smallest absolute Gasteiger partial charge is 0.394 e. The molecule has 0 aliphatic carbocycles. The molecule has 0 bridgehead atoms. The lowest BCUT2D eigenvalue weighted by molar-refractivity contribution is -0.397. The molecular weight excluding hydrogens is 230 g/mol. The summed E-state index contributed by atoms with van der Waals surface area (Å²) in [4.78, 5) is 13.5. The molecule has 1 aromatic heterocycles. The summed E-state index contributed by atoms with van der Waals surface area (Å²) >= 11 is 0. The van der Waals surface area contributed by atoms with Crippen LogP contribution in [-0.4, -0.2) is 43.5 Å². The molecule has 2 atom stereocenters. The van der Waals surface area contributed by atoms with E-state index < -0.39 is 17.1 Å². The molecule has 0 aromatic carbocycles. The van der Waals surface area contributed by atoms with Crippen LogP contribution in [0.3, 0.4) is 0 Å². The lowest BCUT2D eigenvalue weighted by Gasteiger charge is -2.19. The summed E-state index contributed by atoms with van der Waals surface area (Å²) in [5, 5.41) is 29.0. The van der Waals surface area contributed by atoms with E-state index >= 15 is 0 Å². The highest BCUT2D eigenvalue weighted by molar-refractivity contribution is 5.05. The van der Waals surface area contributed by atoms with Crippen LogP contribution in [0.5, 0.6) is 0 Å². The highest BCUT2D eigenvalue weighted by Crippen LogP contribution is 2.10. The highest BCUT2D eigenvalue weighted by atomic mass is 16.6. The minimum absolute atomic E-state index is 0.140.